The highest BCUT2D eigenvalue weighted by atomic mass is 32.1. The molecule has 0 radical (unpaired) electrons. The summed E-state index contributed by atoms with van der Waals surface area (Å²) in [4.78, 5) is 4.59. The minimum Gasteiger partial charge on any atom is -0.361 e. The molecule has 3 heteroatoms. The highest BCUT2D eigenvalue weighted by molar-refractivity contribution is 7.22. The third-order valence-corrected chi connectivity index (χ3v) is 4.59. The fraction of sp³-hybridized carbons (Fsp3) is 0.588. The fourth-order valence-corrected chi connectivity index (χ4v) is 3.29. The van der Waals surface area contributed by atoms with Gasteiger partial charge in [0.2, 0.25) is 0 Å². The first kappa shape index (κ1) is 15.3. The van der Waals surface area contributed by atoms with Gasteiger partial charge in [0.1, 0.15) is 0 Å². The van der Waals surface area contributed by atoms with Crippen LogP contribution in [0.2, 0.25) is 0 Å². The maximum absolute atomic E-state index is 4.59. The van der Waals surface area contributed by atoms with Crippen LogP contribution in [0.1, 0.15) is 58.3 Å². The van der Waals surface area contributed by atoms with Crippen molar-refractivity contribution >= 4 is 26.7 Å². The Bertz CT molecular complexity index is 459. The summed E-state index contributed by atoms with van der Waals surface area (Å²) in [5.41, 5.74) is 1.11. The summed E-state index contributed by atoms with van der Waals surface area (Å²) in [6.07, 6.45) is 10.9. The van der Waals surface area contributed by atoms with E-state index in [0.29, 0.717) is 0 Å². The second kappa shape index (κ2) is 8.96. The predicted octanol–water partition coefficient (Wildman–Crippen LogP) is 5.85. The van der Waals surface area contributed by atoms with E-state index in [1.807, 2.05) is 6.07 Å². The van der Waals surface area contributed by atoms with Gasteiger partial charge in [-0.3, -0.25) is 0 Å². The van der Waals surface area contributed by atoms with E-state index in [1.165, 1.54) is 56.1 Å². The van der Waals surface area contributed by atoms with Crippen LogP contribution in [0.3, 0.4) is 0 Å². The lowest BCUT2D eigenvalue weighted by Crippen LogP contribution is -2.00. The molecule has 0 atom stereocenters. The quantitative estimate of drug-likeness (QED) is 0.555. The molecule has 110 valence electrons. The molecule has 0 spiro atoms. The molecule has 0 aliphatic rings. The second-order valence-corrected chi connectivity index (χ2v) is 6.42. The Labute approximate surface area is 126 Å². The van der Waals surface area contributed by atoms with E-state index in [-0.39, 0.29) is 0 Å². The highest BCUT2D eigenvalue weighted by Crippen LogP contribution is 2.25. The Morgan fingerprint density at radius 3 is 2.40 bits per heavy atom. The van der Waals surface area contributed by atoms with Crippen molar-refractivity contribution in [2.24, 2.45) is 0 Å². The van der Waals surface area contributed by atoms with Crippen molar-refractivity contribution < 1.29 is 0 Å². The number of hydrogen-bond acceptors (Lipinski definition) is 3. The molecule has 1 aromatic carbocycles. The molecule has 0 aliphatic carbocycles. The molecule has 0 bridgehead atoms. The van der Waals surface area contributed by atoms with Gasteiger partial charge in [-0.25, -0.2) is 4.98 Å². The van der Waals surface area contributed by atoms with Crippen molar-refractivity contribution in [2.75, 3.05) is 11.9 Å². The van der Waals surface area contributed by atoms with Crippen LogP contribution >= 0.6 is 11.3 Å². The third-order valence-electron chi connectivity index (χ3n) is 3.60. The summed E-state index contributed by atoms with van der Waals surface area (Å²) in [5.74, 6) is 0. The third kappa shape index (κ3) is 5.12. The highest BCUT2D eigenvalue weighted by Gasteiger charge is 2.01. The molecule has 1 aromatic heterocycles. The summed E-state index contributed by atoms with van der Waals surface area (Å²) in [7, 11) is 0. The SMILES string of the molecule is CCCCCCCCCCNc1nc2ccccc2s1. The van der Waals surface area contributed by atoms with Crippen molar-refractivity contribution in [3.8, 4) is 0 Å². The Kier molecular flexibility index (Phi) is 6.85. The first-order valence-electron chi connectivity index (χ1n) is 7.99. The number of anilines is 1. The normalized spacial score (nSPS) is 11.1. The van der Waals surface area contributed by atoms with E-state index in [9.17, 15) is 0 Å². The Morgan fingerprint density at radius 2 is 1.65 bits per heavy atom. The summed E-state index contributed by atoms with van der Waals surface area (Å²) in [5, 5.41) is 4.52. The zero-order valence-corrected chi connectivity index (χ0v) is 13.3. The van der Waals surface area contributed by atoms with Gasteiger partial charge in [0.25, 0.3) is 0 Å². The first-order chi connectivity index (χ1) is 9.90. The van der Waals surface area contributed by atoms with Crippen LogP contribution < -0.4 is 5.32 Å². The van der Waals surface area contributed by atoms with Crippen molar-refractivity contribution in [3.63, 3.8) is 0 Å². The van der Waals surface area contributed by atoms with Crippen LogP contribution in [0.4, 0.5) is 5.13 Å². The van der Waals surface area contributed by atoms with Crippen molar-refractivity contribution in [1.29, 1.82) is 0 Å². The maximum atomic E-state index is 4.59. The van der Waals surface area contributed by atoms with E-state index >= 15 is 0 Å². The molecule has 0 saturated carbocycles. The zero-order chi connectivity index (χ0) is 14.0. The Hall–Kier alpha value is -1.09. The van der Waals surface area contributed by atoms with Gasteiger partial charge in [-0.2, -0.15) is 0 Å². The van der Waals surface area contributed by atoms with Gasteiger partial charge in [-0.15, -0.1) is 0 Å². The van der Waals surface area contributed by atoms with Gasteiger partial charge < -0.3 is 5.32 Å². The first-order valence-corrected chi connectivity index (χ1v) is 8.81. The van der Waals surface area contributed by atoms with Crippen LogP contribution in [0.25, 0.3) is 10.2 Å². The van der Waals surface area contributed by atoms with Crippen molar-refractivity contribution in [1.82, 2.24) is 4.98 Å². The van der Waals surface area contributed by atoms with Gasteiger partial charge >= 0.3 is 0 Å². The van der Waals surface area contributed by atoms with Crippen LogP contribution in [0.15, 0.2) is 24.3 Å². The lowest BCUT2D eigenvalue weighted by atomic mass is 10.1. The van der Waals surface area contributed by atoms with Gasteiger partial charge in [-0.1, -0.05) is 75.3 Å². The van der Waals surface area contributed by atoms with Crippen LogP contribution in [0, 0.1) is 0 Å². The molecule has 20 heavy (non-hydrogen) atoms. The lowest BCUT2D eigenvalue weighted by Gasteiger charge is -2.03. The summed E-state index contributed by atoms with van der Waals surface area (Å²) in [6, 6.07) is 8.33. The molecule has 0 amide bonds. The molecule has 1 heterocycles. The van der Waals surface area contributed by atoms with Crippen molar-refractivity contribution in [2.45, 2.75) is 58.3 Å². The summed E-state index contributed by atoms with van der Waals surface area (Å²) >= 11 is 1.75. The molecule has 0 unspecified atom stereocenters. The van der Waals surface area contributed by atoms with Crippen molar-refractivity contribution in [3.05, 3.63) is 24.3 Å². The van der Waals surface area contributed by atoms with E-state index in [2.05, 4.69) is 35.4 Å². The predicted molar refractivity (Wildman–Crippen MR) is 90.7 cm³/mol. The molecule has 1 N–H and O–H groups in total. The van der Waals surface area contributed by atoms with Crippen LogP contribution in [-0.2, 0) is 0 Å². The number of para-hydroxylation sites is 1. The minimum absolute atomic E-state index is 1.05. The largest absolute Gasteiger partial charge is 0.361 e. The van der Waals surface area contributed by atoms with Crippen LogP contribution in [0.5, 0.6) is 0 Å². The number of fused-ring (bicyclic) bond motifs is 1. The molecule has 0 fully saturated rings. The monoisotopic (exact) mass is 290 g/mol. The Morgan fingerprint density at radius 1 is 0.950 bits per heavy atom. The Balaban J connectivity index is 1.55. The van der Waals surface area contributed by atoms with E-state index in [4.69, 9.17) is 0 Å². The van der Waals surface area contributed by atoms with E-state index in [1.54, 1.807) is 11.3 Å². The summed E-state index contributed by atoms with van der Waals surface area (Å²) < 4.78 is 1.27. The number of nitrogens with zero attached hydrogens (tertiary/aromatic N) is 1. The summed E-state index contributed by atoms with van der Waals surface area (Å²) in [6.45, 7) is 3.32. The molecule has 2 nitrogen and oxygen atoms in total. The molecule has 0 saturated heterocycles. The van der Waals surface area contributed by atoms with Gasteiger partial charge in [0.05, 0.1) is 10.2 Å². The minimum atomic E-state index is 1.05. The van der Waals surface area contributed by atoms with Gasteiger partial charge in [0.15, 0.2) is 5.13 Å². The van der Waals surface area contributed by atoms with E-state index < -0.39 is 0 Å². The lowest BCUT2D eigenvalue weighted by molar-refractivity contribution is 0.581. The molecule has 2 aromatic rings. The number of thiazole rings is 1. The smallest absolute Gasteiger partial charge is 0.183 e. The number of rotatable bonds is 10. The number of nitrogens with one attached hydrogen (secondary N) is 1. The van der Waals surface area contributed by atoms with E-state index in [0.717, 1.165) is 17.2 Å². The maximum Gasteiger partial charge on any atom is 0.183 e. The molecule has 0 aliphatic heterocycles. The molecular weight excluding hydrogens is 264 g/mol. The number of benzene rings is 1. The van der Waals surface area contributed by atoms with Gasteiger partial charge in [-0.05, 0) is 18.6 Å². The molecule has 2 rings (SSSR count). The number of unbranched alkanes of at least 4 members (excludes halogenated alkanes) is 7. The fourth-order valence-electron chi connectivity index (χ4n) is 2.40. The van der Waals surface area contributed by atoms with Crippen LogP contribution in [-0.4, -0.2) is 11.5 Å². The zero-order valence-electron chi connectivity index (χ0n) is 12.5. The standard InChI is InChI=1S/C17H26N2S/c1-2-3-4-5-6-7-8-11-14-18-17-19-15-12-9-10-13-16(15)20-17/h9-10,12-13H,2-8,11,14H2,1H3,(H,18,19). The average Bonchev–Trinajstić information content (AvgIpc) is 2.88. The van der Waals surface area contributed by atoms with Gasteiger partial charge in [0, 0.05) is 6.54 Å². The number of aromatic nitrogens is 1. The number of hydrogen-bond donors (Lipinski definition) is 1. The molecular formula is C17H26N2S. The average molecular weight is 290 g/mol. The topological polar surface area (TPSA) is 24.9 Å². The second-order valence-electron chi connectivity index (χ2n) is 5.39.